The zero-order valence-electron chi connectivity index (χ0n) is 15.3. The minimum Gasteiger partial charge on any atom is -0.317 e. The Hall–Kier alpha value is -2.40. The molecule has 5 heteroatoms. The van der Waals surface area contributed by atoms with Crippen LogP contribution in [0.1, 0.15) is 37.1 Å². The Morgan fingerprint density at radius 2 is 1.88 bits per heavy atom. The molecule has 5 nitrogen and oxygen atoms in total. The topological polar surface area (TPSA) is 51.9 Å². The van der Waals surface area contributed by atoms with Gasteiger partial charge in [0.15, 0.2) is 0 Å². The van der Waals surface area contributed by atoms with Crippen LogP contribution in [0.25, 0.3) is 10.8 Å². The lowest BCUT2D eigenvalue weighted by molar-refractivity contribution is 0.429. The van der Waals surface area contributed by atoms with Crippen LogP contribution < -0.4 is 11.0 Å². The van der Waals surface area contributed by atoms with Crippen LogP contribution in [0.5, 0.6) is 0 Å². The smallest absolute Gasteiger partial charge is 0.317 e. The molecule has 2 aromatic carbocycles. The van der Waals surface area contributed by atoms with Gasteiger partial charge in [-0.25, -0.2) is 9.48 Å². The maximum absolute atomic E-state index is 12.8. The Morgan fingerprint density at radius 3 is 2.69 bits per heavy atom. The first-order chi connectivity index (χ1) is 12.8. The minimum absolute atomic E-state index is 0.0290. The Kier molecular flexibility index (Phi) is 4.89. The van der Waals surface area contributed by atoms with Crippen LogP contribution in [0.3, 0.4) is 0 Å². The summed E-state index contributed by atoms with van der Waals surface area (Å²) in [6.45, 7) is 5.35. The molecule has 4 rings (SSSR count). The Bertz CT molecular complexity index is 945. The van der Waals surface area contributed by atoms with E-state index in [0.717, 1.165) is 38.2 Å². The van der Waals surface area contributed by atoms with E-state index < -0.39 is 0 Å². The third-order valence-electron chi connectivity index (χ3n) is 5.44. The molecule has 2 heterocycles. The lowest BCUT2D eigenvalue weighted by Crippen LogP contribution is -2.29. The van der Waals surface area contributed by atoms with Crippen molar-refractivity contribution in [3.8, 4) is 0 Å². The standard InChI is InChI=1S/C21H26N4O/c1-2-24-20(18-10-13-22-14-11-18)23-25(21(24)26)15-12-17-8-5-7-16-6-3-4-9-19(16)17/h3-9,18,22H,2,10-15H2,1H3. The molecule has 3 aromatic rings. The van der Waals surface area contributed by atoms with Crippen molar-refractivity contribution in [2.24, 2.45) is 0 Å². The summed E-state index contributed by atoms with van der Waals surface area (Å²) in [5, 5.41) is 10.6. The van der Waals surface area contributed by atoms with Crippen LogP contribution in [-0.2, 0) is 19.5 Å². The number of hydrogen-bond acceptors (Lipinski definition) is 3. The van der Waals surface area contributed by atoms with E-state index in [4.69, 9.17) is 5.10 Å². The Labute approximate surface area is 153 Å². The van der Waals surface area contributed by atoms with Gasteiger partial charge in [0.2, 0.25) is 0 Å². The molecule has 0 radical (unpaired) electrons. The molecular formula is C21H26N4O. The van der Waals surface area contributed by atoms with Gasteiger partial charge in [-0.1, -0.05) is 42.5 Å². The van der Waals surface area contributed by atoms with E-state index in [2.05, 4.69) is 47.8 Å². The summed E-state index contributed by atoms with van der Waals surface area (Å²) in [6.07, 6.45) is 2.92. The second kappa shape index (κ2) is 7.46. The molecule has 1 aromatic heterocycles. The number of benzene rings is 2. The van der Waals surface area contributed by atoms with Crippen LogP contribution in [0.2, 0.25) is 0 Å². The molecule has 1 saturated heterocycles. The molecule has 0 amide bonds. The third kappa shape index (κ3) is 3.19. The largest absolute Gasteiger partial charge is 0.345 e. The molecule has 1 fully saturated rings. The van der Waals surface area contributed by atoms with Gasteiger partial charge >= 0.3 is 5.69 Å². The average molecular weight is 350 g/mol. The van der Waals surface area contributed by atoms with Crippen LogP contribution >= 0.6 is 0 Å². The molecule has 136 valence electrons. The van der Waals surface area contributed by atoms with Crippen molar-refractivity contribution in [1.29, 1.82) is 0 Å². The normalized spacial score (nSPS) is 15.6. The van der Waals surface area contributed by atoms with Gasteiger partial charge in [0, 0.05) is 12.5 Å². The molecule has 0 saturated carbocycles. The van der Waals surface area contributed by atoms with E-state index in [9.17, 15) is 4.79 Å². The molecule has 0 unspecified atom stereocenters. The summed E-state index contributed by atoms with van der Waals surface area (Å²) in [6, 6.07) is 14.8. The first kappa shape index (κ1) is 17.0. The van der Waals surface area contributed by atoms with Crippen molar-refractivity contribution in [3.63, 3.8) is 0 Å². The quantitative estimate of drug-likeness (QED) is 0.770. The molecule has 0 atom stereocenters. The van der Waals surface area contributed by atoms with Gasteiger partial charge in [0.25, 0.3) is 0 Å². The highest BCUT2D eigenvalue weighted by atomic mass is 16.2. The van der Waals surface area contributed by atoms with Gasteiger partial charge in [0.05, 0.1) is 6.54 Å². The lowest BCUT2D eigenvalue weighted by Gasteiger charge is -2.21. The molecular weight excluding hydrogens is 324 g/mol. The number of piperidine rings is 1. The van der Waals surface area contributed by atoms with Crippen molar-refractivity contribution in [2.75, 3.05) is 13.1 Å². The zero-order chi connectivity index (χ0) is 17.9. The van der Waals surface area contributed by atoms with Crippen molar-refractivity contribution < 1.29 is 0 Å². The summed E-state index contributed by atoms with van der Waals surface area (Å²) >= 11 is 0. The molecule has 0 spiro atoms. The van der Waals surface area contributed by atoms with Gasteiger partial charge in [-0.15, -0.1) is 0 Å². The van der Waals surface area contributed by atoms with Gasteiger partial charge < -0.3 is 5.32 Å². The Morgan fingerprint density at radius 1 is 1.12 bits per heavy atom. The molecule has 0 aliphatic carbocycles. The van der Waals surface area contributed by atoms with E-state index in [1.165, 1.54) is 16.3 Å². The number of aryl methyl sites for hydroxylation is 2. The number of rotatable bonds is 5. The second-order valence-electron chi connectivity index (χ2n) is 7.02. The number of nitrogens with one attached hydrogen (secondary N) is 1. The summed E-state index contributed by atoms with van der Waals surface area (Å²) in [5.74, 6) is 1.36. The highest BCUT2D eigenvalue weighted by Crippen LogP contribution is 2.23. The first-order valence-corrected chi connectivity index (χ1v) is 9.63. The van der Waals surface area contributed by atoms with Gasteiger partial charge in [-0.2, -0.15) is 5.10 Å². The number of hydrogen-bond donors (Lipinski definition) is 1. The fourth-order valence-electron chi connectivity index (χ4n) is 4.02. The summed E-state index contributed by atoms with van der Waals surface area (Å²) in [4.78, 5) is 12.8. The number of aromatic nitrogens is 3. The van der Waals surface area contributed by atoms with E-state index in [0.29, 0.717) is 19.0 Å². The highest BCUT2D eigenvalue weighted by Gasteiger charge is 2.23. The van der Waals surface area contributed by atoms with Crippen molar-refractivity contribution in [3.05, 3.63) is 64.3 Å². The van der Waals surface area contributed by atoms with E-state index in [1.54, 1.807) is 4.68 Å². The summed E-state index contributed by atoms with van der Waals surface area (Å²) in [7, 11) is 0. The maximum Gasteiger partial charge on any atom is 0.345 e. The molecule has 1 N–H and O–H groups in total. The molecule has 26 heavy (non-hydrogen) atoms. The van der Waals surface area contributed by atoms with Crippen molar-refractivity contribution in [1.82, 2.24) is 19.7 Å². The predicted molar refractivity (Wildman–Crippen MR) is 105 cm³/mol. The fraction of sp³-hybridized carbons (Fsp3) is 0.429. The monoisotopic (exact) mass is 350 g/mol. The molecule has 1 aliphatic heterocycles. The number of nitrogens with zero attached hydrogens (tertiary/aromatic N) is 3. The second-order valence-corrected chi connectivity index (χ2v) is 7.02. The van der Waals surface area contributed by atoms with E-state index in [-0.39, 0.29) is 5.69 Å². The SMILES string of the molecule is CCn1c(C2CCNCC2)nn(CCc2cccc3ccccc23)c1=O. The molecule has 1 aliphatic rings. The average Bonchev–Trinajstić information content (AvgIpc) is 3.02. The number of fused-ring (bicyclic) bond motifs is 1. The Balaban J connectivity index is 1.60. The van der Waals surface area contributed by atoms with Crippen molar-refractivity contribution in [2.45, 2.75) is 45.2 Å². The van der Waals surface area contributed by atoms with Gasteiger partial charge in [-0.05, 0) is 55.6 Å². The zero-order valence-corrected chi connectivity index (χ0v) is 15.3. The maximum atomic E-state index is 12.8. The fourth-order valence-corrected chi connectivity index (χ4v) is 4.02. The van der Waals surface area contributed by atoms with Gasteiger partial charge in [0.1, 0.15) is 5.82 Å². The van der Waals surface area contributed by atoms with Crippen LogP contribution in [0.4, 0.5) is 0 Å². The van der Waals surface area contributed by atoms with Crippen LogP contribution in [0, 0.1) is 0 Å². The summed E-state index contributed by atoms with van der Waals surface area (Å²) < 4.78 is 3.53. The predicted octanol–water partition coefficient (Wildman–Crippen LogP) is 2.93. The first-order valence-electron chi connectivity index (χ1n) is 9.63. The minimum atomic E-state index is 0.0290. The van der Waals surface area contributed by atoms with Crippen LogP contribution in [-0.4, -0.2) is 27.4 Å². The third-order valence-corrected chi connectivity index (χ3v) is 5.44. The van der Waals surface area contributed by atoms with E-state index >= 15 is 0 Å². The van der Waals surface area contributed by atoms with Gasteiger partial charge in [-0.3, -0.25) is 4.57 Å². The lowest BCUT2D eigenvalue weighted by atomic mass is 9.97. The van der Waals surface area contributed by atoms with E-state index in [1.807, 2.05) is 11.5 Å². The molecule has 0 bridgehead atoms. The van der Waals surface area contributed by atoms with Crippen molar-refractivity contribution >= 4 is 10.8 Å². The highest BCUT2D eigenvalue weighted by molar-refractivity contribution is 5.85. The summed E-state index contributed by atoms with van der Waals surface area (Å²) in [5.41, 5.74) is 1.30. The van der Waals surface area contributed by atoms with Crippen LogP contribution in [0.15, 0.2) is 47.3 Å².